The highest BCUT2D eigenvalue weighted by Crippen LogP contribution is 2.30. The number of hydrogen-bond acceptors (Lipinski definition) is 5. The summed E-state index contributed by atoms with van der Waals surface area (Å²) >= 11 is 0. The Bertz CT molecular complexity index is 1100. The zero-order valence-corrected chi connectivity index (χ0v) is 18.9. The monoisotopic (exact) mass is 457 g/mol. The predicted molar refractivity (Wildman–Crippen MR) is 124 cm³/mol. The van der Waals surface area contributed by atoms with Crippen LogP contribution in [0.1, 0.15) is 31.7 Å². The van der Waals surface area contributed by atoms with Crippen molar-refractivity contribution < 1.29 is 22.7 Å². The number of sulfonamides is 1. The van der Waals surface area contributed by atoms with Crippen molar-refractivity contribution in [2.24, 2.45) is 0 Å². The number of nitrogens with zero attached hydrogens (tertiary/aromatic N) is 1. The van der Waals surface area contributed by atoms with Gasteiger partial charge in [0, 0.05) is 37.5 Å². The third kappa shape index (κ3) is 5.95. The maximum Gasteiger partial charge on any atom is 0.248 e. The molecule has 0 atom stereocenters. The van der Waals surface area contributed by atoms with Crippen molar-refractivity contribution in [3.8, 4) is 5.75 Å². The Hall–Kier alpha value is -3.17. The van der Waals surface area contributed by atoms with Crippen LogP contribution in [0, 0.1) is 0 Å². The molecule has 0 spiro atoms. The molecule has 1 aliphatic rings. The van der Waals surface area contributed by atoms with Crippen molar-refractivity contribution in [3.05, 3.63) is 54.1 Å². The first-order valence-electron chi connectivity index (χ1n) is 10.3. The van der Waals surface area contributed by atoms with E-state index in [2.05, 4.69) is 10.6 Å². The minimum atomic E-state index is -3.68. The molecule has 9 heteroatoms. The summed E-state index contributed by atoms with van der Waals surface area (Å²) in [6.07, 6.45) is 5.59. The quantitative estimate of drug-likeness (QED) is 0.620. The first-order chi connectivity index (χ1) is 15.3. The van der Waals surface area contributed by atoms with E-state index in [0.29, 0.717) is 30.0 Å². The SMILES string of the molecule is COc1ccc(C=CC(=O)Nc2ccc(NC(C)=O)cc2)cc1S(=O)(=O)N1CCCCC1. The molecular formula is C23H27N3O5S. The van der Waals surface area contributed by atoms with E-state index in [0.717, 1.165) is 19.3 Å². The van der Waals surface area contributed by atoms with Crippen molar-refractivity contribution in [3.63, 3.8) is 0 Å². The normalized spacial score (nSPS) is 14.8. The molecule has 0 aromatic heterocycles. The molecule has 0 aliphatic carbocycles. The number of nitrogens with one attached hydrogen (secondary N) is 2. The molecule has 2 N–H and O–H groups in total. The van der Waals surface area contributed by atoms with Gasteiger partial charge in [-0.05, 0) is 60.9 Å². The second-order valence-electron chi connectivity index (χ2n) is 7.46. The lowest BCUT2D eigenvalue weighted by atomic mass is 10.2. The van der Waals surface area contributed by atoms with Crippen LogP contribution < -0.4 is 15.4 Å². The first-order valence-corrected chi connectivity index (χ1v) is 11.8. The van der Waals surface area contributed by atoms with Crippen LogP contribution in [0.2, 0.25) is 0 Å². The van der Waals surface area contributed by atoms with Crippen LogP contribution >= 0.6 is 0 Å². The van der Waals surface area contributed by atoms with Crippen LogP contribution in [-0.2, 0) is 19.6 Å². The smallest absolute Gasteiger partial charge is 0.248 e. The molecular weight excluding hydrogens is 430 g/mol. The molecule has 2 aromatic rings. The number of piperidine rings is 1. The summed E-state index contributed by atoms with van der Waals surface area (Å²) in [5.74, 6) is -0.268. The second kappa shape index (κ2) is 10.4. The molecule has 1 fully saturated rings. The van der Waals surface area contributed by atoms with E-state index in [1.165, 1.54) is 30.5 Å². The molecule has 1 aliphatic heterocycles. The van der Waals surface area contributed by atoms with Crippen LogP contribution in [0.15, 0.2) is 53.4 Å². The third-order valence-corrected chi connectivity index (χ3v) is 6.94. The maximum absolute atomic E-state index is 13.1. The molecule has 2 aromatic carbocycles. The predicted octanol–water partition coefficient (Wildman–Crippen LogP) is 3.48. The van der Waals surface area contributed by atoms with E-state index < -0.39 is 10.0 Å². The molecule has 0 radical (unpaired) electrons. The average molecular weight is 458 g/mol. The third-order valence-electron chi connectivity index (χ3n) is 5.02. The molecule has 0 saturated carbocycles. The van der Waals surface area contributed by atoms with E-state index in [9.17, 15) is 18.0 Å². The van der Waals surface area contributed by atoms with E-state index in [-0.39, 0.29) is 22.5 Å². The van der Waals surface area contributed by atoms with Gasteiger partial charge in [-0.3, -0.25) is 9.59 Å². The van der Waals surface area contributed by atoms with Crippen molar-refractivity contribution in [2.45, 2.75) is 31.1 Å². The summed E-state index contributed by atoms with van der Waals surface area (Å²) in [5, 5.41) is 5.38. The highest BCUT2D eigenvalue weighted by molar-refractivity contribution is 7.89. The van der Waals surface area contributed by atoms with Gasteiger partial charge in [-0.25, -0.2) is 8.42 Å². The van der Waals surface area contributed by atoms with Crippen molar-refractivity contribution in [2.75, 3.05) is 30.8 Å². The van der Waals surface area contributed by atoms with Gasteiger partial charge < -0.3 is 15.4 Å². The Morgan fingerprint density at radius 3 is 2.19 bits per heavy atom. The van der Waals surface area contributed by atoms with Crippen LogP contribution in [-0.4, -0.2) is 44.7 Å². The summed E-state index contributed by atoms with van der Waals surface area (Å²) in [5.41, 5.74) is 1.76. The molecule has 32 heavy (non-hydrogen) atoms. The standard InChI is InChI=1S/C23H27N3O5S/c1-17(27)24-19-8-10-20(11-9-19)25-23(28)13-7-18-6-12-21(31-2)22(16-18)32(29,30)26-14-4-3-5-15-26/h6-13,16H,3-5,14-15H2,1-2H3,(H,24,27)(H,25,28). The Labute approximate surface area is 188 Å². The number of carbonyl (C=O) groups is 2. The van der Waals surface area contributed by atoms with E-state index in [4.69, 9.17) is 4.74 Å². The summed E-state index contributed by atoms with van der Waals surface area (Å²) < 4.78 is 33.0. The minimum absolute atomic E-state index is 0.0954. The fraction of sp³-hybridized carbons (Fsp3) is 0.304. The molecule has 1 saturated heterocycles. The first kappa shape index (κ1) is 23.5. The fourth-order valence-electron chi connectivity index (χ4n) is 3.44. The number of ether oxygens (including phenoxy) is 1. The van der Waals surface area contributed by atoms with Gasteiger partial charge in [0.2, 0.25) is 21.8 Å². The second-order valence-corrected chi connectivity index (χ2v) is 9.36. The van der Waals surface area contributed by atoms with Gasteiger partial charge in [-0.2, -0.15) is 4.31 Å². The van der Waals surface area contributed by atoms with Crippen LogP contribution in [0.4, 0.5) is 11.4 Å². The van der Waals surface area contributed by atoms with Gasteiger partial charge in [0.25, 0.3) is 0 Å². The van der Waals surface area contributed by atoms with Gasteiger partial charge >= 0.3 is 0 Å². The molecule has 8 nitrogen and oxygen atoms in total. The lowest BCUT2D eigenvalue weighted by molar-refractivity contribution is -0.114. The molecule has 0 unspecified atom stereocenters. The number of amides is 2. The Morgan fingerprint density at radius 1 is 0.969 bits per heavy atom. The van der Waals surface area contributed by atoms with E-state index in [1.54, 1.807) is 42.5 Å². The molecule has 170 valence electrons. The van der Waals surface area contributed by atoms with E-state index in [1.807, 2.05) is 0 Å². The Kier molecular flexibility index (Phi) is 7.66. The zero-order valence-electron chi connectivity index (χ0n) is 18.1. The highest BCUT2D eigenvalue weighted by atomic mass is 32.2. The van der Waals surface area contributed by atoms with Gasteiger partial charge in [-0.15, -0.1) is 0 Å². The minimum Gasteiger partial charge on any atom is -0.495 e. The largest absolute Gasteiger partial charge is 0.495 e. The summed E-state index contributed by atoms with van der Waals surface area (Å²) in [6, 6.07) is 11.5. The van der Waals surface area contributed by atoms with Gasteiger partial charge in [0.1, 0.15) is 10.6 Å². The van der Waals surface area contributed by atoms with Gasteiger partial charge in [0.05, 0.1) is 7.11 Å². The number of hydrogen-bond donors (Lipinski definition) is 2. The van der Waals surface area contributed by atoms with Gasteiger partial charge in [0.15, 0.2) is 0 Å². The summed E-state index contributed by atoms with van der Waals surface area (Å²) in [4.78, 5) is 23.5. The fourth-order valence-corrected chi connectivity index (χ4v) is 5.15. The van der Waals surface area contributed by atoms with Gasteiger partial charge in [-0.1, -0.05) is 12.5 Å². The summed E-state index contributed by atoms with van der Waals surface area (Å²) in [7, 11) is -2.25. The van der Waals surface area contributed by atoms with Crippen molar-refractivity contribution in [1.82, 2.24) is 4.31 Å². The van der Waals surface area contributed by atoms with E-state index >= 15 is 0 Å². The average Bonchev–Trinajstić information content (AvgIpc) is 2.79. The lowest BCUT2D eigenvalue weighted by Gasteiger charge is -2.26. The highest BCUT2D eigenvalue weighted by Gasteiger charge is 2.29. The van der Waals surface area contributed by atoms with Crippen molar-refractivity contribution in [1.29, 1.82) is 0 Å². The molecule has 1 heterocycles. The lowest BCUT2D eigenvalue weighted by Crippen LogP contribution is -2.35. The topological polar surface area (TPSA) is 105 Å². The zero-order chi connectivity index (χ0) is 23.1. The molecule has 0 bridgehead atoms. The number of rotatable bonds is 7. The summed E-state index contributed by atoms with van der Waals surface area (Å²) in [6.45, 7) is 2.41. The molecule has 3 rings (SSSR count). The number of methoxy groups -OCH3 is 1. The van der Waals surface area contributed by atoms with Crippen LogP contribution in [0.25, 0.3) is 6.08 Å². The molecule has 2 amide bonds. The van der Waals surface area contributed by atoms with Crippen LogP contribution in [0.5, 0.6) is 5.75 Å². The Balaban J connectivity index is 1.73. The number of anilines is 2. The van der Waals surface area contributed by atoms with Crippen LogP contribution in [0.3, 0.4) is 0 Å². The number of carbonyl (C=O) groups excluding carboxylic acids is 2. The Morgan fingerprint density at radius 2 is 1.59 bits per heavy atom. The maximum atomic E-state index is 13.1. The van der Waals surface area contributed by atoms with Crippen molar-refractivity contribution >= 4 is 39.3 Å². The number of benzene rings is 2.